The summed E-state index contributed by atoms with van der Waals surface area (Å²) in [6, 6.07) is 8.13. The van der Waals surface area contributed by atoms with E-state index in [-0.39, 0.29) is 11.8 Å². The molecule has 0 unspecified atom stereocenters. The molecule has 31 heavy (non-hydrogen) atoms. The lowest BCUT2D eigenvalue weighted by molar-refractivity contribution is -0.122. The molecule has 1 saturated heterocycles. The van der Waals surface area contributed by atoms with Crippen LogP contribution in [-0.2, 0) is 16.1 Å². The van der Waals surface area contributed by atoms with E-state index in [9.17, 15) is 9.59 Å². The fourth-order valence-electron chi connectivity index (χ4n) is 4.13. The number of hydrogen-bond donors (Lipinski definition) is 2. The fraction of sp³-hybridized carbons (Fsp3) is 0.360. The van der Waals surface area contributed by atoms with Crippen molar-refractivity contribution < 1.29 is 14.3 Å². The maximum absolute atomic E-state index is 12.7. The van der Waals surface area contributed by atoms with Crippen molar-refractivity contribution in [2.45, 2.75) is 45.8 Å². The number of H-pyrrole nitrogens is 1. The van der Waals surface area contributed by atoms with Crippen molar-refractivity contribution in [2.75, 3.05) is 13.1 Å². The third-order valence-electron chi connectivity index (χ3n) is 5.83. The monoisotopic (exact) mass is 419 g/mol. The molecule has 6 heteroatoms. The number of urea groups is 1. The van der Waals surface area contributed by atoms with Gasteiger partial charge in [0.1, 0.15) is 5.60 Å². The van der Waals surface area contributed by atoms with Gasteiger partial charge < -0.3 is 19.9 Å². The second-order valence-corrected chi connectivity index (χ2v) is 8.66. The van der Waals surface area contributed by atoms with E-state index in [1.165, 1.54) is 0 Å². The van der Waals surface area contributed by atoms with E-state index in [0.29, 0.717) is 32.5 Å². The standard InChI is InChI=1S/C25H29N3O3/c1-17-4-6-19(3)31-25(11-10-22(29)8-5-17)15-28(16-25)24(30)26-14-20-7-9-23-21(13-20)12-18(2)27-23/h4-9,12-13,27H,10-11,14-16H2,1-3H3,(H,26,30)/b8-5?,17-4?,19-6+. The second kappa shape index (κ2) is 8.46. The number of amides is 2. The molecule has 0 saturated carbocycles. The van der Waals surface area contributed by atoms with Gasteiger partial charge in [0.25, 0.3) is 0 Å². The number of carbonyl (C=O) groups is 2. The van der Waals surface area contributed by atoms with Crippen molar-refractivity contribution in [2.24, 2.45) is 0 Å². The molecular formula is C25H29N3O3. The molecule has 0 bridgehead atoms. The number of rotatable bonds is 2. The molecule has 1 aromatic carbocycles. The summed E-state index contributed by atoms with van der Waals surface area (Å²) in [5.74, 6) is 0.867. The van der Waals surface area contributed by atoms with E-state index in [1.807, 2.05) is 51.1 Å². The molecule has 0 radical (unpaired) electrons. The topological polar surface area (TPSA) is 74.4 Å². The summed E-state index contributed by atoms with van der Waals surface area (Å²) in [6.45, 7) is 7.31. The maximum Gasteiger partial charge on any atom is 0.317 e. The summed E-state index contributed by atoms with van der Waals surface area (Å²) in [4.78, 5) is 29.9. The number of nitrogens with zero attached hydrogens (tertiary/aromatic N) is 1. The van der Waals surface area contributed by atoms with E-state index in [0.717, 1.165) is 33.5 Å². The quantitative estimate of drug-likeness (QED) is 0.751. The molecule has 1 aromatic heterocycles. The first-order valence-corrected chi connectivity index (χ1v) is 10.7. The molecule has 3 heterocycles. The second-order valence-electron chi connectivity index (χ2n) is 8.66. The largest absolute Gasteiger partial charge is 0.488 e. The molecule has 4 rings (SSSR count). The Morgan fingerprint density at radius 2 is 1.97 bits per heavy atom. The van der Waals surface area contributed by atoms with Crippen LogP contribution in [0.3, 0.4) is 0 Å². The van der Waals surface area contributed by atoms with Gasteiger partial charge in [0.05, 0.1) is 18.8 Å². The van der Waals surface area contributed by atoms with Crippen molar-refractivity contribution in [1.82, 2.24) is 15.2 Å². The van der Waals surface area contributed by atoms with Gasteiger partial charge in [-0.1, -0.05) is 23.8 Å². The number of likely N-dealkylation sites (tertiary alicyclic amines) is 1. The number of nitrogens with one attached hydrogen (secondary N) is 2. The van der Waals surface area contributed by atoms with Crippen LogP contribution in [0, 0.1) is 6.92 Å². The first-order valence-electron chi connectivity index (χ1n) is 10.7. The Balaban J connectivity index is 1.37. The highest BCUT2D eigenvalue weighted by Gasteiger charge is 2.47. The van der Waals surface area contributed by atoms with Crippen LogP contribution in [0.25, 0.3) is 10.9 Å². The Hall–Kier alpha value is -3.28. The SMILES string of the molecule is CC1=C/C=C(\C)OC2(CCC(=O)C=C1)CN(C(=O)NCc1ccc3[nH]c(C)cc3c1)C2. The molecule has 2 N–H and O–H groups in total. The van der Waals surface area contributed by atoms with Gasteiger partial charge in [0, 0.05) is 24.2 Å². The molecule has 2 aliphatic heterocycles. The number of fused-ring (bicyclic) bond motifs is 1. The van der Waals surface area contributed by atoms with Crippen molar-refractivity contribution in [3.8, 4) is 0 Å². The molecule has 6 nitrogen and oxygen atoms in total. The number of aryl methyl sites for hydroxylation is 1. The van der Waals surface area contributed by atoms with Gasteiger partial charge in [-0.15, -0.1) is 0 Å². The van der Waals surface area contributed by atoms with Crippen LogP contribution in [-0.4, -0.2) is 40.4 Å². The summed E-state index contributed by atoms with van der Waals surface area (Å²) >= 11 is 0. The number of allylic oxidation sites excluding steroid dienone is 6. The highest BCUT2D eigenvalue weighted by atomic mass is 16.5. The molecule has 1 spiro atoms. The number of benzene rings is 1. The average molecular weight is 420 g/mol. The summed E-state index contributed by atoms with van der Waals surface area (Å²) in [5, 5.41) is 4.14. The van der Waals surface area contributed by atoms with Gasteiger partial charge in [0.15, 0.2) is 5.78 Å². The zero-order chi connectivity index (χ0) is 22.0. The Labute approximate surface area is 182 Å². The third-order valence-corrected chi connectivity index (χ3v) is 5.83. The highest BCUT2D eigenvalue weighted by molar-refractivity contribution is 5.90. The number of carbonyl (C=O) groups excluding carboxylic acids is 2. The predicted molar refractivity (Wildman–Crippen MR) is 122 cm³/mol. The summed E-state index contributed by atoms with van der Waals surface area (Å²) in [5.41, 5.74) is 3.76. The van der Waals surface area contributed by atoms with Gasteiger partial charge in [-0.25, -0.2) is 4.79 Å². The van der Waals surface area contributed by atoms with Crippen molar-refractivity contribution >= 4 is 22.7 Å². The van der Waals surface area contributed by atoms with E-state index < -0.39 is 5.60 Å². The highest BCUT2D eigenvalue weighted by Crippen LogP contribution is 2.33. The van der Waals surface area contributed by atoms with Crippen molar-refractivity contribution in [3.05, 3.63) is 71.2 Å². The van der Waals surface area contributed by atoms with Crippen LogP contribution in [0.15, 0.2) is 59.9 Å². The van der Waals surface area contributed by atoms with Gasteiger partial charge in [0.2, 0.25) is 0 Å². The zero-order valence-electron chi connectivity index (χ0n) is 18.3. The number of aromatic nitrogens is 1. The fourth-order valence-corrected chi connectivity index (χ4v) is 4.13. The minimum absolute atomic E-state index is 0.0774. The molecule has 1 fully saturated rings. The molecule has 2 aromatic rings. The number of hydrogen-bond acceptors (Lipinski definition) is 3. The minimum Gasteiger partial charge on any atom is -0.488 e. The maximum atomic E-state index is 12.7. The van der Waals surface area contributed by atoms with Gasteiger partial charge >= 0.3 is 6.03 Å². The van der Waals surface area contributed by atoms with E-state index in [4.69, 9.17) is 4.74 Å². The van der Waals surface area contributed by atoms with Crippen molar-refractivity contribution in [3.63, 3.8) is 0 Å². The molecule has 0 atom stereocenters. The lowest BCUT2D eigenvalue weighted by Gasteiger charge is -2.49. The van der Waals surface area contributed by atoms with Crippen LogP contribution in [0.2, 0.25) is 0 Å². The summed E-state index contributed by atoms with van der Waals surface area (Å²) < 4.78 is 6.21. The molecule has 2 amide bonds. The predicted octanol–water partition coefficient (Wildman–Crippen LogP) is 4.53. The first kappa shape index (κ1) is 21.0. The zero-order valence-corrected chi connectivity index (χ0v) is 18.3. The van der Waals surface area contributed by atoms with Crippen LogP contribution >= 0.6 is 0 Å². The smallest absolute Gasteiger partial charge is 0.317 e. The van der Waals surface area contributed by atoms with Crippen molar-refractivity contribution in [1.29, 1.82) is 0 Å². The molecular weight excluding hydrogens is 390 g/mol. The molecule has 162 valence electrons. The minimum atomic E-state index is -0.505. The Morgan fingerprint density at radius 1 is 1.16 bits per heavy atom. The number of aromatic amines is 1. The lowest BCUT2D eigenvalue weighted by Crippen LogP contribution is -2.66. The normalized spacial score (nSPS) is 20.4. The summed E-state index contributed by atoms with van der Waals surface area (Å²) in [7, 11) is 0. The van der Waals surface area contributed by atoms with Gasteiger partial charge in [-0.3, -0.25) is 4.79 Å². The Morgan fingerprint density at radius 3 is 2.77 bits per heavy atom. The number of ketones is 1. The Kier molecular flexibility index (Phi) is 5.72. The molecule has 0 aliphatic carbocycles. The van der Waals surface area contributed by atoms with Gasteiger partial charge in [-0.05, 0) is 68.5 Å². The third kappa shape index (κ3) is 4.90. The summed E-state index contributed by atoms with van der Waals surface area (Å²) in [6.07, 6.45) is 8.30. The van der Waals surface area contributed by atoms with Crippen LogP contribution in [0.5, 0.6) is 0 Å². The average Bonchev–Trinajstić information content (AvgIpc) is 3.08. The van der Waals surface area contributed by atoms with E-state index in [2.05, 4.69) is 22.4 Å². The Bertz CT molecular complexity index is 1100. The van der Waals surface area contributed by atoms with E-state index >= 15 is 0 Å². The first-order chi connectivity index (χ1) is 14.8. The van der Waals surface area contributed by atoms with Gasteiger partial charge in [-0.2, -0.15) is 0 Å². The molecule has 2 aliphatic rings. The van der Waals surface area contributed by atoms with Crippen LogP contribution < -0.4 is 5.32 Å². The van der Waals surface area contributed by atoms with Crippen LogP contribution in [0.1, 0.15) is 37.9 Å². The lowest BCUT2D eigenvalue weighted by atomic mass is 9.87. The van der Waals surface area contributed by atoms with E-state index in [1.54, 1.807) is 11.0 Å². The number of ether oxygens (including phenoxy) is 1. The van der Waals surface area contributed by atoms with Crippen LogP contribution in [0.4, 0.5) is 4.79 Å².